The summed E-state index contributed by atoms with van der Waals surface area (Å²) in [5.41, 5.74) is 1.93. The Bertz CT molecular complexity index is 1100. The average molecular weight is 472 g/mol. The summed E-state index contributed by atoms with van der Waals surface area (Å²) in [5, 5.41) is 2.91. The molecule has 0 unspecified atom stereocenters. The second-order valence-electron chi connectivity index (χ2n) is 8.43. The Labute approximate surface area is 194 Å². The highest BCUT2D eigenvalue weighted by atomic mass is 32.2. The van der Waals surface area contributed by atoms with Crippen molar-refractivity contribution in [2.24, 2.45) is 5.92 Å². The van der Waals surface area contributed by atoms with Crippen molar-refractivity contribution in [3.8, 4) is 0 Å². The van der Waals surface area contributed by atoms with Gasteiger partial charge in [0.15, 0.2) is 0 Å². The first kappa shape index (κ1) is 23.4. The van der Waals surface area contributed by atoms with Gasteiger partial charge in [0.25, 0.3) is 5.91 Å². The molecular formula is C24H29N3O5S. The molecular weight excluding hydrogens is 442 g/mol. The molecule has 4 rings (SSSR count). The standard InChI is InChI=1S/C24H29N3O5S/c1-18-6-8-20(9-7-18)33(30,31)27-12-10-19(11-13-27)23(28)25-22-5-3-2-4-21(22)24(29)26-14-16-32-17-15-26/h2-9,19H,10-17H2,1H3,(H,25,28). The molecule has 0 saturated carbocycles. The zero-order chi connectivity index (χ0) is 23.4. The number of carbonyl (C=O) groups is 2. The lowest BCUT2D eigenvalue weighted by atomic mass is 9.97. The summed E-state index contributed by atoms with van der Waals surface area (Å²) in [6.45, 7) is 4.53. The van der Waals surface area contributed by atoms with Crippen LogP contribution in [0.25, 0.3) is 0 Å². The predicted molar refractivity (Wildman–Crippen MR) is 124 cm³/mol. The van der Waals surface area contributed by atoms with Crippen LogP contribution in [-0.2, 0) is 19.6 Å². The number of anilines is 1. The first-order valence-electron chi connectivity index (χ1n) is 11.2. The normalized spacial score (nSPS) is 18.2. The number of sulfonamides is 1. The molecule has 2 heterocycles. The Morgan fingerprint density at radius 2 is 1.58 bits per heavy atom. The minimum Gasteiger partial charge on any atom is -0.378 e. The fourth-order valence-corrected chi connectivity index (χ4v) is 5.64. The molecule has 0 aromatic heterocycles. The minimum absolute atomic E-state index is 0.131. The van der Waals surface area contributed by atoms with Crippen LogP contribution in [0.3, 0.4) is 0 Å². The van der Waals surface area contributed by atoms with Crippen LogP contribution in [0, 0.1) is 12.8 Å². The number of nitrogens with one attached hydrogen (secondary N) is 1. The molecule has 176 valence electrons. The molecule has 0 bridgehead atoms. The van der Waals surface area contributed by atoms with E-state index in [1.165, 1.54) is 4.31 Å². The lowest BCUT2D eigenvalue weighted by Gasteiger charge is -2.31. The van der Waals surface area contributed by atoms with Crippen LogP contribution in [0.2, 0.25) is 0 Å². The second kappa shape index (κ2) is 10.0. The fraction of sp³-hybridized carbons (Fsp3) is 0.417. The number of ether oxygens (including phenoxy) is 1. The van der Waals surface area contributed by atoms with Gasteiger partial charge in [-0.05, 0) is 44.0 Å². The molecule has 2 aliphatic rings. The number of para-hydroxylation sites is 1. The maximum Gasteiger partial charge on any atom is 0.256 e. The van der Waals surface area contributed by atoms with Crippen LogP contribution in [0.4, 0.5) is 5.69 Å². The maximum atomic E-state index is 13.0. The van der Waals surface area contributed by atoms with Gasteiger partial charge in [0, 0.05) is 32.1 Å². The van der Waals surface area contributed by atoms with Crippen LogP contribution < -0.4 is 5.32 Å². The maximum absolute atomic E-state index is 13.0. The van der Waals surface area contributed by atoms with Gasteiger partial charge < -0.3 is 15.0 Å². The van der Waals surface area contributed by atoms with Gasteiger partial charge in [-0.3, -0.25) is 9.59 Å². The van der Waals surface area contributed by atoms with Crippen molar-refractivity contribution in [3.63, 3.8) is 0 Å². The molecule has 33 heavy (non-hydrogen) atoms. The molecule has 0 aliphatic carbocycles. The SMILES string of the molecule is Cc1ccc(S(=O)(=O)N2CCC(C(=O)Nc3ccccc3C(=O)N3CCOCC3)CC2)cc1. The van der Waals surface area contributed by atoms with Crippen LogP contribution in [0.5, 0.6) is 0 Å². The molecule has 2 fully saturated rings. The lowest BCUT2D eigenvalue weighted by Crippen LogP contribution is -2.42. The number of rotatable bonds is 5. The third-order valence-electron chi connectivity index (χ3n) is 6.20. The monoisotopic (exact) mass is 471 g/mol. The zero-order valence-corrected chi connectivity index (χ0v) is 19.5. The molecule has 2 aromatic carbocycles. The quantitative estimate of drug-likeness (QED) is 0.723. The van der Waals surface area contributed by atoms with E-state index >= 15 is 0 Å². The number of hydrogen-bond acceptors (Lipinski definition) is 5. The highest BCUT2D eigenvalue weighted by molar-refractivity contribution is 7.89. The number of nitrogens with zero attached hydrogens (tertiary/aromatic N) is 2. The minimum atomic E-state index is -3.58. The molecule has 0 atom stereocenters. The van der Waals surface area contributed by atoms with Crippen molar-refractivity contribution in [3.05, 3.63) is 59.7 Å². The summed E-state index contributed by atoms with van der Waals surface area (Å²) in [7, 11) is -3.58. The van der Waals surface area contributed by atoms with Gasteiger partial charge in [-0.15, -0.1) is 0 Å². The van der Waals surface area contributed by atoms with Crippen LogP contribution in [-0.4, -0.2) is 68.8 Å². The van der Waals surface area contributed by atoms with Gasteiger partial charge in [-0.2, -0.15) is 4.31 Å². The van der Waals surface area contributed by atoms with Crippen LogP contribution >= 0.6 is 0 Å². The third-order valence-corrected chi connectivity index (χ3v) is 8.11. The second-order valence-corrected chi connectivity index (χ2v) is 10.4. The summed E-state index contributed by atoms with van der Waals surface area (Å²) in [6.07, 6.45) is 0.854. The summed E-state index contributed by atoms with van der Waals surface area (Å²) in [6, 6.07) is 13.8. The number of aryl methyl sites for hydroxylation is 1. The van der Waals surface area contributed by atoms with Gasteiger partial charge in [0.1, 0.15) is 0 Å². The summed E-state index contributed by atoms with van der Waals surface area (Å²) in [5.74, 6) is -0.640. The van der Waals surface area contributed by atoms with Crippen molar-refractivity contribution in [1.29, 1.82) is 0 Å². The molecule has 0 radical (unpaired) electrons. The van der Waals surface area contributed by atoms with Gasteiger partial charge in [-0.1, -0.05) is 29.8 Å². The van der Waals surface area contributed by atoms with Crippen molar-refractivity contribution in [1.82, 2.24) is 9.21 Å². The highest BCUT2D eigenvalue weighted by Gasteiger charge is 2.32. The number of piperidine rings is 1. The Kier molecular flexibility index (Phi) is 7.11. The molecule has 2 saturated heterocycles. The highest BCUT2D eigenvalue weighted by Crippen LogP contribution is 2.26. The smallest absolute Gasteiger partial charge is 0.256 e. The third kappa shape index (κ3) is 5.26. The van der Waals surface area contributed by atoms with Crippen LogP contribution in [0.15, 0.2) is 53.4 Å². The summed E-state index contributed by atoms with van der Waals surface area (Å²) in [4.78, 5) is 27.9. The first-order valence-corrected chi connectivity index (χ1v) is 12.6. The first-order chi connectivity index (χ1) is 15.9. The fourth-order valence-electron chi connectivity index (χ4n) is 4.17. The number of benzene rings is 2. The Morgan fingerprint density at radius 3 is 2.24 bits per heavy atom. The summed E-state index contributed by atoms with van der Waals surface area (Å²) < 4.78 is 32.6. The van der Waals surface area contributed by atoms with Crippen molar-refractivity contribution < 1.29 is 22.7 Å². The zero-order valence-electron chi connectivity index (χ0n) is 18.7. The van der Waals surface area contributed by atoms with E-state index in [0.717, 1.165) is 5.56 Å². The molecule has 2 aromatic rings. The average Bonchev–Trinajstić information content (AvgIpc) is 2.85. The van der Waals surface area contributed by atoms with E-state index in [1.54, 1.807) is 53.4 Å². The van der Waals surface area contributed by atoms with E-state index < -0.39 is 10.0 Å². The van der Waals surface area contributed by atoms with Gasteiger partial charge in [-0.25, -0.2) is 8.42 Å². The van der Waals surface area contributed by atoms with E-state index in [9.17, 15) is 18.0 Å². The molecule has 8 nitrogen and oxygen atoms in total. The predicted octanol–water partition coefficient (Wildman–Crippen LogP) is 2.51. The topological polar surface area (TPSA) is 96.0 Å². The van der Waals surface area contributed by atoms with Gasteiger partial charge in [0.2, 0.25) is 15.9 Å². The molecule has 1 N–H and O–H groups in total. The Morgan fingerprint density at radius 1 is 0.939 bits per heavy atom. The van der Waals surface area contributed by atoms with E-state index in [2.05, 4.69) is 5.32 Å². The largest absolute Gasteiger partial charge is 0.378 e. The van der Waals surface area contributed by atoms with E-state index in [4.69, 9.17) is 4.74 Å². The van der Waals surface area contributed by atoms with E-state index in [1.807, 2.05) is 6.92 Å². The van der Waals surface area contributed by atoms with E-state index in [0.29, 0.717) is 50.4 Å². The van der Waals surface area contributed by atoms with Crippen molar-refractivity contribution in [2.75, 3.05) is 44.7 Å². The number of carbonyl (C=O) groups excluding carboxylic acids is 2. The Hall–Kier alpha value is -2.75. The van der Waals surface area contributed by atoms with Gasteiger partial charge in [0.05, 0.1) is 29.4 Å². The van der Waals surface area contributed by atoms with E-state index in [-0.39, 0.29) is 35.7 Å². The Balaban J connectivity index is 1.39. The van der Waals surface area contributed by atoms with Gasteiger partial charge >= 0.3 is 0 Å². The van der Waals surface area contributed by atoms with Crippen molar-refractivity contribution in [2.45, 2.75) is 24.7 Å². The summed E-state index contributed by atoms with van der Waals surface area (Å²) >= 11 is 0. The number of amides is 2. The van der Waals surface area contributed by atoms with Crippen LogP contribution in [0.1, 0.15) is 28.8 Å². The molecule has 2 aliphatic heterocycles. The molecule has 9 heteroatoms. The van der Waals surface area contributed by atoms with Crippen molar-refractivity contribution >= 4 is 27.5 Å². The lowest BCUT2D eigenvalue weighted by molar-refractivity contribution is -0.120. The molecule has 2 amide bonds. The molecule has 0 spiro atoms. The number of morpholine rings is 1. The number of hydrogen-bond donors (Lipinski definition) is 1.